The molecule has 0 bridgehead atoms. The van der Waals surface area contributed by atoms with Crippen LogP contribution in [-0.4, -0.2) is 47.6 Å². The molecule has 4 rings (SSSR count). The summed E-state index contributed by atoms with van der Waals surface area (Å²) in [5, 5.41) is 0. The van der Waals surface area contributed by atoms with Crippen LogP contribution < -0.4 is 14.5 Å². The molecule has 0 N–H and O–H groups in total. The van der Waals surface area contributed by atoms with E-state index in [9.17, 15) is 4.79 Å². The van der Waals surface area contributed by atoms with E-state index in [0.29, 0.717) is 12.4 Å². The van der Waals surface area contributed by atoms with Crippen molar-refractivity contribution < 1.29 is 9.53 Å². The van der Waals surface area contributed by atoms with E-state index in [1.807, 2.05) is 23.1 Å². The van der Waals surface area contributed by atoms with Crippen LogP contribution in [0.1, 0.15) is 13.3 Å². The lowest BCUT2D eigenvalue weighted by Crippen LogP contribution is -2.39. The van der Waals surface area contributed by atoms with E-state index in [1.54, 1.807) is 19.5 Å². The molecular formula is C18H21N5O2. The first-order valence-electron chi connectivity index (χ1n) is 8.47. The number of pyridine rings is 1. The maximum Gasteiger partial charge on any atom is 0.235 e. The third-order valence-corrected chi connectivity index (χ3v) is 5.48. The van der Waals surface area contributed by atoms with Gasteiger partial charge >= 0.3 is 0 Å². The normalized spacial score (nSPS) is 25.8. The highest BCUT2D eigenvalue weighted by atomic mass is 16.5. The Morgan fingerprint density at radius 1 is 1.36 bits per heavy atom. The van der Waals surface area contributed by atoms with Crippen LogP contribution in [0.2, 0.25) is 0 Å². The van der Waals surface area contributed by atoms with Crippen LogP contribution in [0.5, 0.6) is 5.88 Å². The number of carbonyl (C=O) groups is 1. The average Bonchev–Trinajstić information content (AvgIpc) is 3.17. The molecule has 2 saturated heterocycles. The molecule has 2 fully saturated rings. The molecule has 0 aromatic carbocycles. The van der Waals surface area contributed by atoms with Crippen molar-refractivity contribution in [1.29, 1.82) is 0 Å². The van der Waals surface area contributed by atoms with Gasteiger partial charge < -0.3 is 14.5 Å². The number of amides is 1. The van der Waals surface area contributed by atoms with E-state index in [2.05, 4.69) is 26.8 Å². The van der Waals surface area contributed by atoms with Crippen LogP contribution in [0.15, 0.2) is 36.9 Å². The summed E-state index contributed by atoms with van der Waals surface area (Å²) in [4.78, 5) is 29.9. The third-order valence-electron chi connectivity index (χ3n) is 5.48. The fourth-order valence-corrected chi connectivity index (χ4v) is 4.01. The molecular weight excluding hydrogens is 318 g/mol. The molecule has 0 saturated carbocycles. The van der Waals surface area contributed by atoms with Crippen molar-refractivity contribution in [2.24, 2.45) is 11.3 Å². The smallest absolute Gasteiger partial charge is 0.235 e. The zero-order valence-electron chi connectivity index (χ0n) is 14.4. The Morgan fingerprint density at radius 3 is 3.00 bits per heavy atom. The second-order valence-corrected chi connectivity index (χ2v) is 6.77. The molecule has 0 aliphatic carbocycles. The molecule has 7 heteroatoms. The SMILES string of the molecule is COc1cc(N2C[C@@H](C)[C@@]3(CCN(c4cccnc4)C3=O)C2)ncn1. The van der Waals surface area contributed by atoms with Gasteiger partial charge in [-0.3, -0.25) is 9.78 Å². The van der Waals surface area contributed by atoms with E-state index in [0.717, 1.165) is 31.0 Å². The number of rotatable bonds is 3. The molecule has 1 amide bonds. The molecule has 25 heavy (non-hydrogen) atoms. The molecule has 0 unspecified atom stereocenters. The highest BCUT2D eigenvalue weighted by molar-refractivity contribution is 6.00. The second kappa shape index (κ2) is 5.98. The Labute approximate surface area is 146 Å². The molecule has 2 aliphatic rings. The van der Waals surface area contributed by atoms with Crippen molar-refractivity contribution in [2.45, 2.75) is 13.3 Å². The van der Waals surface area contributed by atoms with E-state index in [1.165, 1.54) is 6.33 Å². The van der Waals surface area contributed by atoms with Gasteiger partial charge in [0.1, 0.15) is 12.1 Å². The molecule has 130 valence electrons. The van der Waals surface area contributed by atoms with Crippen LogP contribution in [0.3, 0.4) is 0 Å². The summed E-state index contributed by atoms with van der Waals surface area (Å²) in [6.45, 7) is 4.36. The Hall–Kier alpha value is -2.70. The number of aromatic nitrogens is 3. The van der Waals surface area contributed by atoms with Crippen LogP contribution in [0, 0.1) is 11.3 Å². The number of hydrogen-bond acceptors (Lipinski definition) is 6. The van der Waals surface area contributed by atoms with Gasteiger partial charge in [0.25, 0.3) is 0 Å². The van der Waals surface area contributed by atoms with E-state index < -0.39 is 0 Å². The number of hydrogen-bond donors (Lipinski definition) is 0. The lowest BCUT2D eigenvalue weighted by atomic mass is 9.78. The van der Waals surface area contributed by atoms with Crippen molar-refractivity contribution in [1.82, 2.24) is 15.0 Å². The van der Waals surface area contributed by atoms with Gasteiger partial charge in [0.15, 0.2) is 0 Å². The zero-order chi connectivity index (χ0) is 17.4. The number of carbonyl (C=O) groups excluding carboxylic acids is 1. The summed E-state index contributed by atoms with van der Waals surface area (Å²) in [6.07, 6.45) is 5.83. The molecule has 1 spiro atoms. The van der Waals surface area contributed by atoms with Gasteiger partial charge in [-0.15, -0.1) is 0 Å². The van der Waals surface area contributed by atoms with Crippen molar-refractivity contribution >= 4 is 17.4 Å². The maximum absolute atomic E-state index is 13.3. The Morgan fingerprint density at radius 2 is 2.24 bits per heavy atom. The van der Waals surface area contributed by atoms with Crippen molar-refractivity contribution in [3.63, 3.8) is 0 Å². The molecule has 2 atom stereocenters. The predicted octanol–water partition coefficient (Wildman–Crippen LogP) is 1.76. The minimum atomic E-state index is -0.367. The number of methoxy groups -OCH3 is 1. The van der Waals surface area contributed by atoms with Crippen molar-refractivity contribution in [2.75, 3.05) is 36.5 Å². The van der Waals surface area contributed by atoms with E-state index >= 15 is 0 Å². The Bertz CT molecular complexity index is 784. The zero-order valence-corrected chi connectivity index (χ0v) is 14.4. The topological polar surface area (TPSA) is 71.5 Å². The summed E-state index contributed by atoms with van der Waals surface area (Å²) in [7, 11) is 1.59. The van der Waals surface area contributed by atoms with Gasteiger partial charge in [-0.1, -0.05) is 6.92 Å². The fraction of sp³-hybridized carbons (Fsp3) is 0.444. The number of nitrogens with zero attached hydrogens (tertiary/aromatic N) is 5. The van der Waals surface area contributed by atoms with Gasteiger partial charge in [-0.05, 0) is 24.5 Å². The van der Waals surface area contributed by atoms with Crippen LogP contribution >= 0.6 is 0 Å². The lowest BCUT2D eigenvalue weighted by Gasteiger charge is -2.26. The summed E-state index contributed by atoms with van der Waals surface area (Å²) < 4.78 is 5.19. The Kier molecular flexibility index (Phi) is 3.78. The highest BCUT2D eigenvalue weighted by Crippen LogP contribution is 2.46. The average molecular weight is 339 g/mol. The first kappa shape index (κ1) is 15.8. The van der Waals surface area contributed by atoms with Gasteiger partial charge in [0, 0.05) is 31.9 Å². The monoisotopic (exact) mass is 339 g/mol. The van der Waals surface area contributed by atoms with E-state index in [-0.39, 0.29) is 17.2 Å². The molecule has 2 aliphatic heterocycles. The van der Waals surface area contributed by atoms with Gasteiger partial charge in [-0.2, -0.15) is 0 Å². The van der Waals surface area contributed by atoms with Gasteiger partial charge in [0.05, 0.1) is 24.4 Å². The molecule has 2 aromatic rings. The minimum absolute atomic E-state index is 0.191. The molecule has 4 heterocycles. The minimum Gasteiger partial charge on any atom is -0.481 e. The largest absolute Gasteiger partial charge is 0.481 e. The number of anilines is 2. The molecule has 0 radical (unpaired) electrons. The van der Waals surface area contributed by atoms with E-state index in [4.69, 9.17) is 4.74 Å². The fourth-order valence-electron chi connectivity index (χ4n) is 4.01. The summed E-state index contributed by atoms with van der Waals surface area (Å²) in [5.41, 5.74) is 0.507. The van der Waals surface area contributed by atoms with Crippen LogP contribution in [0.25, 0.3) is 0 Å². The second-order valence-electron chi connectivity index (χ2n) is 6.77. The summed E-state index contributed by atoms with van der Waals surface area (Å²) >= 11 is 0. The molecule has 2 aromatic heterocycles. The first-order chi connectivity index (χ1) is 12.1. The highest BCUT2D eigenvalue weighted by Gasteiger charge is 2.55. The van der Waals surface area contributed by atoms with Gasteiger partial charge in [-0.25, -0.2) is 9.97 Å². The standard InChI is InChI=1S/C18H21N5O2/c1-13-10-22(15-8-16(25-2)21-12-20-15)11-18(13)5-7-23(17(18)24)14-4-3-6-19-9-14/h3-4,6,8-9,12-13H,5,7,10-11H2,1-2H3/t13-,18-/m1/s1. The summed E-state index contributed by atoms with van der Waals surface area (Å²) in [6, 6.07) is 5.63. The van der Waals surface area contributed by atoms with Crippen molar-refractivity contribution in [3.05, 3.63) is 36.9 Å². The Balaban J connectivity index is 1.59. The number of ether oxygens (including phenoxy) is 1. The van der Waals surface area contributed by atoms with Crippen LogP contribution in [0.4, 0.5) is 11.5 Å². The maximum atomic E-state index is 13.3. The third kappa shape index (κ3) is 2.50. The van der Waals surface area contributed by atoms with Crippen molar-refractivity contribution in [3.8, 4) is 5.88 Å². The lowest BCUT2D eigenvalue weighted by molar-refractivity contribution is -0.126. The predicted molar refractivity (Wildman–Crippen MR) is 93.6 cm³/mol. The quantitative estimate of drug-likeness (QED) is 0.848. The molecule has 7 nitrogen and oxygen atoms in total. The summed E-state index contributed by atoms with van der Waals surface area (Å²) in [5.74, 6) is 1.79. The van der Waals surface area contributed by atoms with Crippen LogP contribution in [-0.2, 0) is 4.79 Å². The first-order valence-corrected chi connectivity index (χ1v) is 8.47. The van der Waals surface area contributed by atoms with Gasteiger partial charge in [0.2, 0.25) is 11.8 Å².